The number of aromatic nitrogens is 2. The Kier molecular flexibility index (Phi) is 8.10. The number of benzene rings is 1. The monoisotopic (exact) mass is 485 g/mol. The Balaban J connectivity index is 1.61. The van der Waals surface area contributed by atoms with Crippen LogP contribution in [0.3, 0.4) is 0 Å². The smallest absolute Gasteiger partial charge is 0.410 e. The number of methoxy groups -OCH3 is 1. The molecule has 3 amide bonds. The SMILES string of the molecule is COC(=O)CC1CN(C(=O)OC(C)(C)C)CCN1C(=O)CNC(=O)c1cc(-c2ccccc2)n[nH]1. The van der Waals surface area contributed by atoms with Gasteiger partial charge in [0.15, 0.2) is 0 Å². The summed E-state index contributed by atoms with van der Waals surface area (Å²) in [6.07, 6.45) is -0.600. The van der Waals surface area contributed by atoms with E-state index in [1.54, 1.807) is 26.8 Å². The van der Waals surface area contributed by atoms with Crippen LogP contribution in [-0.2, 0) is 19.1 Å². The Hall–Kier alpha value is -3.89. The van der Waals surface area contributed by atoms with Crippen molar-refractivity contribution >= 4 is 23.9 Å². The Morgan fingerprint density at radius 1 is 1.14 bits per heavy atom. The van der Waals surface area contributed by atoms with Crippen LogP contribution >= 0.6 is 0 Å². The van der Waals surface area contributed by atoms with Gasteiger partial charge in [0.2, 0.25) is 5.91 Å². The second kappa shape index (κ2) is 11.0. The lowest BCUT2D eigenvalue weighted by Gasteiger charge is -2.41. The van der Waals surface area contributed by atoms with Gasteiger partial charge in [-0.05, 0) is 26.8 Å². The van der Waals surface area contributed by atoms with Gasteiger partial charge in [-0.1, -0.05) is 30.3 Å². The first-order valence-electron chi connectivity index (χ1n) is 11.3. The van der Waals surface area contributed by atoms with Crippen LogP contribution in [0.4, 0.5) is 4.79 Å². The highest BCUT2D eigenvalue weighted by Crippen LogP contribution is 2.19. The Bertz CT molecular complexity index is 1060. The number of ether oxygens (including phenoxy) is 2. The van der Waals surface area contributed by atoms with E-state index in [9.17, 15) is 19.2 Å². The number of hydrogen-bond donors (Lipinski definition) is 2. The zero-order valence-electron chi connectivity index (χ0n) is 20.4. The van der Waals surface area contributed by atoms with Gasteiger partial charge in [0.25, 0.3) is 5.91 Å². The van der Waals surface area contributed by atoms with Gasteiger partial charge < -0.3 is 24.6 Å². The standard InChI is InChI=1S/C24H31N5O6/c1-24(2,3)35-23(33)28-10-11-29(17(15-28)12-21(31)34-4)20(30)14-25-22(32)19-13-18(26-27-19)16-8-6-5-7-9-16/h5-9,13,17H,10-12,14-15H2,1-4H3,(H,25,32)(H,26,27). The number of carbonyl (C=O) groups excluding carboxylic acids is 4. The van der Waals surface area contributed by atoms with Gasteiger partial charge in [-0.2, -0.15) is 5.10 Å². The van der Waals surface area contributed by atoms with Crippen molar-refractivity contribution in [3.05, 3.63) is 42.1 Å². The summed E-state index contributed by atoms with van der Waals surface area (Å²) in [6, 6.07) is 10.4. The predicted octanol–water partition coefficient (Wildman–Crippen LogP) is 1.82. The first kappa shape index (κ1) is 25.7. The van der Waals surface area contributed by atoms with Crippen LogP contribution in [0.25, 0.3) is 11.3 Å². The van der Waals surface area contributed by atoms with Gasteiger partial charge in [0.05, 0.1) is 31.8 Å². The van der Waals surface area contributed by atoms with Crippen molar-refractivity contribution in [2.24, 2.45) is 0 Å². The lowest BCUT2D eigenvalue weighted by atomic mass is 10.1. The van der Waals surface area contributed by atoms with E-state index >= 15 is 0 Å². The summed E-state index contributed by atoms with van der Waals surface area (Å²) in [6.45, 7) is 5.57. The number of nitrogens with one attached hydrogen (secondary N) is 2. The molecule has 0 spiro atoms. The zero-order chi connectivity index (χ0) is 25.6. The van der Waals surface area contributed by atoms with Gasteiger partial charge in [-0.15, -0.1) is 0 Å². The van der Waals surface area contributed by atoms with Gasteiger partial charge >= 0.3 is 12.1 Å². The van der Waals surface area contributed by atoms with Crippen LogP contribution in [-0.4, -0.2) is 88.8 Å². The molecule has 0 bridgehead atoms. The van der Waals surface area contributed by atoms with E-state index in [1.165, 1.54) is 16.9 Å². The van der Waals surface area contributed by atoms with E-state index in [0.717, 1.165) is 5.56 Å². The molecule has 0 saturated carbocycles. The summed E-state index contributed by atoms with van der Waals surface area (Å²) in [5.74, 6) is -1.36. The summed E-state index contributed by atoms with van der Waals surface area (Å²) in [7, 11) is 1.26. The van der Waals surface area contributed by atoms with E-state index in [-0.39, 0.29) is 44.2 Å². The largest absolute Gasteiger partial charge is 0.469 e. The molecule has 1 fully saturated rings. The second-order valence-electron chi connectivity index (χ2n) is 9.16. The lowest BCUT2D eigenvalue weighted by Crippen LogP contribution is -2.59. The fraction of sp³-hybridized carbons (Fsp3) is 0.458. The molecule has 2 heterocycles. The molecule has 1 aliphatic heterocycles. The second-order valence-corrected chi connectivity index (χ2v) is 9.16. The minimum Gasteiger partial charge on any atom is -0.469 e. The summed E-state index contributed by atoms with van der Waals surface area (Å²) in [5.41, 5.74) is 1.02. The highest BCUT2D eigenvalue weighted by Gasteiger charge is 2.35. The molecular weight excluding hydrogens is 454 g/mol. The molecular formula is C24H31N5O6. The molecule has 1 unspecified atom stereocenters. The van der Waals surface area contributed by atoms with Crippen LogP contribution in [0.2, 0.25) is 0 Å². The van der Waals surface area contributed by atoms with Crippen molar-refractivity contribution in [3.63, 3.8) is 0 Å². The maximum Gasteiger partial charge on any atom is 0.410 e. The molecule has 1 aromatic heterocycles. The number of carbonyl (C=O) groups is 4. The molecule has 3 rings (SSSR count). The van der Waals surface area contributed by atoms with E-state index < -0.39 is 29.6 Å². The summed E-state index contributed by atoms with van der Waals surface area (Å²) < 4.78 is 10.2. The molecule has 11 nitrogen and oxygen atoms in total. The molecule has 11 heteroatoms. The van der Waals surface area contributed by atoms with E-state index in [0.29, 0.717) is 5.69 Å². The molecule has 1 atom stereocenters. The van der Waals surface area contributed by atoms with Crippen molar-refractivity contribution in [3.8, 4) is 11.3 Å². The van der Waals surface area contributed by atoms with Gasteiger partial charge in [0.1, 0.15) is 11.3 Å². The Morgan fingerprint density at radius 3 is 2.51 bits per heavy atom. The number of hydrogen-bond acceptors (Lipinski definition) is 7. The van der Waals surface area contributed by atoms with Crippen molar-refractivity contribution < 1.29 is 28.7 Å². The maximum absolute atomic E-state index is 12.9. The number of nitrogens with zero attached hydrogens (tertiary/aromatic N) is 3. The summed E-state index contributed by atoms with van der Waals surface area (Å²) in [4.78, 5) is 52.9. The number of aromatic amines is 1. The predicted molar refractivity (Wildman–Crippen MR) is 126 cm³/mol. The van der Waals surface area contributed by atoms with E-state index in [2.05, 4.69) is 15.5 Å². The fourth-order valence-corrected chi connectivity index (χ4v) is 3.67. The van der Waals surface area contributed by atoms with Gasteiger partial charge in [-0.25, -0.2) is 4.79 Å². The number of esters is 1. The van der Waals surface area contributed by atoms with Crippen LogP contribution < -0.4 is 5.32 Å². The van der Waals surface area contributed by atoms with Gasteiger partial charge in [0, 0.05) is 25.2 Å². The minimum absolute atomic E-state index is 0.0868. The molecule has 2 aromatic rings. The zero-order valence-corrected chi connectivity index (χ0v) is 20.4. The topological polar surface area (TPSA) is 134 Å². The summed E-state index contributed by atoms with van der Waals surface area (Å²) in [5, 5.41) is 9.42. The molecule has 0 radical (unpaired) electrons. The van der Waals surface area contributed by atoms with Crippen molar-refractivity contribution in [1.82, 2.24) is 25.3 Å². The molecule has 1 saturated heterocycles. The number of H-pyrrole nitrogens is 1. The third-order valence-corrected chi connectivity index (χ3v) is 5.38. The lowest BCUT2D eigenvalue weighted by molar-refractivity contribution is -0.145. The number of piperazine rings is 1. The normalized spacial score (nSPS) is 15.9. The van der Waals surface area contributed by atoms with Crippen LogP contribution in [0, 0.1) is 0 Å². The Morgan fingerprint density at radius 2 is 1.86 bits per heavy atom. The van der Waals surface area contributed by atoms with E-state index in [1.807, 2.05) is 30.3 Å². The average Bonchev–Trinajstić information content (AvgIpc) is 3.32. The van der Waals surface area contributed by atoms with Crippen LogP contribution in [0.1, 0.15) is 37.7 Å². The van der Waals surface area contributed by atoms with Crippen LogP contribution in [0.15, 0.2) is 36.4 Å². The third kappa shape index (κ3) is 7.05. The average molecular weight is 486 g/mol. The van der Waals surface area contributed by atoms with E-state index in [4.69, 9.17) is 9.47 Å². The van der Waals surface area contributed by atoms with Crippen molar-refractivity contribution in [1.29, 1.82) is 0 Å². The first-order valence-corrected chi connectivity index (χ1v) is 11.3. The third-order valence-electron chi connectivity index (χ3n) is 5.38. The highest BCUT2D eigenvalue weighted by molar-refractivity contribution is 5.95. The molecule has 1 aromatic carbocycles. The molecule has 1 aliphatic rings. The number of rotatable bonds is 6. The Labute approximate surface area is 203 Å². The molecule has 35 heavy (non-hydrogen) atoms. The molecule has 188 valence electrons. The molecule has 2 N–H and O–H groups in total. The summed E-state index contributed by atoms with van der Waals surface area (Å²) >= 11 is 0. The quantitative estimate of drug-likeness (QED) is 0.596. The number of amides is 3. The maximum atomic E-state index is 12.9. The van der Waals surface area contributed by atoms with Crippen LogP contribution in [0.5, 0.6) is 0 Å². The molecule has 0 aliphatic carbocycles. The minimum atomic E-state index is -0.667. The fourth-order valence-electron chi connectivity index (χ4n) is 3.67. The first-order chi connectivity index (χ1) is 16.6. The van der Waals surface area contributed by atoms with Crippen molar-refractivity contribution in [2.45, 2.75) is 38.8 Å². The van der Waals surface area contributed by atoms with Crippen molar-refractivity contribution in [2.75, 3.05) is 33.3 Å². The van der Waals surface area contributed by atoms with Gasteiger partial charge in [-0.3, -0.25) is 19.5 Å². The highest BCUT2D eigenvalue weighted by atomic mass is 16.6.